The van der Waals surface area contributed by atoms with E-state index in [1.54, 1.807) is 11.3 Å². The number of pyridine rings is 1. The third-order valence-corrected chi connectivity index (χ3v) is 6.00. The maximum absolute atomic E-state index is 4.46. The fourth-order valence-electron chi connectivity index (χ4n) is 4.74. The van der Waals surface area contributed by atoms with Crippen molar-refractivity contribution < 1.29 is 0 Å². The molecule has 3 heteroatoms. The summed E-state index contributed by atoms with van der Waals surface area (Å²) in [6, 6.07) is 12.5. The molecule has 4 heterocycles. The molecule has 2 aliphatic heterocycles. The van der Waals surface area contributed by atoms with Crippen molar-refractivity contribution >= 4 is 10.9 Å². The number of aromatic nitrogens is 2. The average molecular weight is 331 g/mol. The van der Waals surface area contributed by atoms with Crippen LogP contribution in [-0.2, 0) is 19.4 Å². The molecule has 0 saturated carbocycles. The van der Waals surface area contributed by atoms with E-state index in [2.05, 4.69) is 52.1 Å². The van der Waals surface area contributed by atoms with Crippen molar-refractivity contribution in [1.82, 2.24) is 14.9 Å². The molecule has 1 saturated heterocycles. The quantitative estimate of drug-likeness (QED) is 0.778. The third-order valence-electron chi connectivity index (χ3n) is 6.00. The second-order valence-corrected chi connectivity index (χ2v) is 7.79. The van der Waals surface area contributed by atoms with Gasteiger partial charge < -0.3 is 9.88 Å². The minimum Gasteiger partial charge on any atom is -0.344 e. The maximum atomic E-state index is 4.46. The van der Waals surface area contributed by atoms with Gasteiger partial charge in [0.1, 0.15) is 0 Å². The molecule has 1 aromatic carbocycles. The second-order valence-electron chi connectivity index (χ2n) is 7.79. The highest BCUT2D eigenvalue weighted by atomic mass is 15.1. The summed E-state index contributed by atoms with van der Waals surface area (Å²) in [7, 11) is 0. The van der Waals surface area contributed by atoms with Crippen molar-refractivity contribution in [3.63, 3.8) is 0 Å². The smallest absolute Gasteiger partial charge is 0.0486 e. The van der Waals surface area contributed by atoms with Gasteiger partial charge in [0.2, 0.25) is 0 Å². The Balaban J connectivity index is 1.58. The minimum absolute atomic E-state index is 0.556. The van der Waals surface area contributed by atoms with Crippen LogP contribution in [0.15, 0.2) is 36.5 Å². The van der Waals surface area contributed by atoms with Gasteiger partial charge in [0.15, 0.2) is 0 Å². The van der Waals surface area contributed by atoms with Crippen molar-refractivity contribution in [2.75, 3.05) is 0 Å². The Kier molecular flexibility index (Phi) is 3.46. The van der Waals surface area contributed by atoms with Crippen molar-refractivity contribution in [3.05, 3.63) is 64.6 Å². The van der Waals surface area contributed by atoms with Crippen LogP contribution in [0.4, 0.5) is 0 Å². The number of rotatable bonds is 3. The zero-order chi connectivity index (χ0) is 17.0. The summed E-state index contributed by atoms with van der Waals surface area (Å²) in [5.74, 6) is 0. The fourth-order valence-corrected chi connectivity index (χ4v) is 4.74. The van der Waals surface area contributed by atoms with E-state index in [9.17, 15) is 0 Å². The number of fused-ring (bicyclic) bond motifs is 6. The molecule has 1 N–H and O–H groups in total. The molecule has 0 spiro atoms. The summed E-state index contributed by atoms with van der Waals surface area (Å²) in [6.07, 6.45) is 6.84. The molecule has 3 aromatic rings. The first-order chi connectivity index (χ1) is 12.2. The predicted octanol–water partition coefficient (Wildman–Crippen LogP) is 4.25. The number of hydrogen-bond donors (Lipinski definition) is 1. The van der Waals surface area contributed by atoms with Crippen molar-refractivity contribution in [1.29, 1.82) is 0 Å². The summed E-state index contributed by atoms with van der Waals surface area (Å²) >= 11 is 0. The van der Waals surface area contributed by atoms with Gasteiger partial charge in [-0.1, -0.05) is 17.7 Å². The lowest BCUT2D eigenvalue weighted by atomic mass is 9.98. The highest BCUT2D eigenvalue weighted by molar-refractivity contribution is 5.87. The van der Waals surface area contributed by atoms with Gasteiger partial charge in [-0.15, -0.1) is 0 Å². The Bertz CT molecular complexity index is 936. The standard InChI is InChI=1S/C22H25N3/c1-14-3-8-20-18(11-14)22-19-7-6-17(24-19)12-21(22)25(20)10-9-16-5-4-15(2)23-13-16/h3-5,8,11,13,17,19,24H,6-7,9-10,12H2,1-2H3/t17-,19+/m0/s1. The summed E-state index contributed by atoms with van der Waals surface area (Å²) < 4.78 is 2.59. The van der Waals surface area contributed by atoms with Crippen LogP contribution in [0.3, 0.4) is 0 Å². The van der Waals surface area contributed by atoms with Crippen LogP contribution in [0.5, 0.6) is 0 Å². The van der Waals surface area contributed by atoms with Crippen molar-refractivity contribution in [2.45, 2.75) is 58.2 Å². The first-order valence-electron chi connectivity index (χ1n) is 9.48. The molecule has 3 nitrogen and oxygen atoms in total. The molecule has 2 bridgehead atoms. The van der Waals surface area contributed by atoms with E-state index in [4.69, 9.17) is 0 Å². The van der Waals surface area contributed by atoms with Gasteiger partial charge in [0.25, 0.3) is 0 Å². The monoisotopic (exact) mass is 331 g/mol. The number of hydrogen-bond acceptors (Lipinski definition) is 2. The van der Waals surface area contributed by atoms with Gasteiger partial charge in [-0.05, 0) is 62.4 Å². The largest absolute Gasteiger partial charge is 0.344 e. The molecule has 25 heavy (non-hydrogen) atoms. The molecule has 2 atom stereocenters. The first kappa shape index (κ1) is 15.2. The maximum Gasteiger partial charge on any atom is 0.0486 e. The molecular weight excluding hydrogens is 306 g/mol. The van der Waals surface area contributed by atoms with E-state index < -0.39 is 0 Å². The fraction of sp³-hybridized carbons (Fsp3) is 0.409. The van der Waals surface area contributed by atoms with Crippen LogP contribution in [0.25, 0.3) is 10.9 Å². The normalized spacial score (nSPS) is 21.7. The molecule has 2 aliphatic rings. The molecule has 5 rings (SSSR count). The number of nitrogens with one attached hydrogen (secondary N) is 1. The van der Waals surface area contributed by atoms with E-state index in [-0.39, 0.29) is 0 Å². The lowest BCUT2D eigenvalue weighted by molar-refractivity contribution is 0.495. The topological polar surface area (TPSA) is 29.9 Å². The lowest BCUT2D eigenvalue weighted by Crippen LogP contribution is -2.32. The molecule has 1 fully saturated rings. The second kappa shape index (κ2) is 5.70. The molecule has 0 amide bonds. The van der Waals surface area contributed by atoms with Gasteiger partial charge in [0, 0.05) is 53.5 Å². The molecule has 0 radical (unpaired) electrons. The minimum atomic E-state index is 0.556. The zero-order valence-electron chi connectivity index (χ0n) is 15.0. The number of benzene rings is 1. The van der Waals surface area contributed by atoms with E-state index in [1.807, 2.05) is 13.1 Å². The Hall–Kier alpha value is -2.13. The summed E-state index contributed by atoms with van der Waals surface area (Å²) in [6.45, 7) is 5.29. The summed E-state index contributed by atoms with van der Waals surface area (Å²) in [5, 5.41) is 5.30. The van der Waals surface area contributed by atoms with Crippen LogP contribution in [0.1, 0.15) is 47.0 Å². The molecule has 2 aromatic heterocycles. The molecule has 128 valence electrons. The van der Waals surface area contributed by atoms with Gasteiger partial charge in [0.05, 0.1) is 0 Å². The van der Waals surface area contributed by atoms with Crippen molar-refractivity contribution in [3.8, 4) is 0 Å². The van der Waals surface area contributed by atoms with Gasteiger partial charge in [-0.3, -0.25) is 4.98 Å². The molecule has 0 aliphatic carbocycles. The Morgan fingerprint density at radius 3 is 2.92 bits per heavy atom. The lowest BCUT2D eigenvalue weighted by Gasteiger charge is -2.24. The zero-order valence-corrected chi connectivity index (χ0v) is 15.0. The number of nitrogens with zero attached hydrogens (tertiary/aromatic N) is 2. The highest BCUT2D eigenvalue weighted by Crippen LogP contribution is 2.42. The van der Waals surface area contributed by atoms with Gasteiger partial charge in [-0.2, -0.15) is 0 Å². The summed E-state index contributed by atoms with van der Waals surface area (Å²) in [4.78, 5) is 4.46. The predicted molar refractivity (Wildman–Crippen MR) is 102 cm³/mol. The Labute approximate surface area is 149 Å². The van der Waals surface area contributed by atoms with E-state index in [0.717, 1.165) is 18.7 Å². The molecule has 0 unspecified atom stereocenters. The Morgan fingerprint density at radius 1 is 1.16 bits per heavy atom. The summed E-state index contributed by atoms with van der Waals surface area (Å²) in [5.41, 5.74) is 8.33. The van der Waals surface area contributed by atoms with E-state index in [1.165, 1.54) is 41.3 Å². The van der Waals surface area contributed by atoms with Gasteiger partial charge >= 0.3 is 0 Å². The van der Waals surface area contributed by atoms with Crippen molar-refractivity contribution in [2.24, 2.45) is 0 Å². The van der Waals surface area contributed by atoms with Gasteiger partial charge in [-0.25, -0.2) is 0 Å². The van der Waals surface area contributed by atoms with Crippen LogP contribution in [0, 0.1) is 13.8 Å². The highest BCUT2D eigenvalue weighted by Gasteiger charge is 2.36. The molecular formula is C22H25N3. The van der Waals surface area contributed by atoms with E-state index >= 15 is 0 Å². The first-order valence-corrected chi connectivity index (χ1v) is 9.48. The average Bonchev–Trinajstić information content (AvgIpc) is 3.13. The van der Waals surface area contributed by atoms with Crippen LogP contribution in [-0.4, -0.2) is 15.6 Å². The number of aryl methyl sites for hydroxylation is 4. The van der Waals surface area contributed by atoms with E-state index in [0.29, 0.717) is 12.1 Å². The van der Waals surface area contributed by atoms with Crippen LogP contribution >= 0.6 is 0 Å². The van der Waals surface area contributed by atoms with Crippen LogP contribution in [0.2, 0.25) is 0 Å². The Morgan fingerprint density at radius 2 is 2.08 bits per heavy atom. The SMILES string of the molecule is Cc1ccc2c(c1)c1c(n2CCc2ccc(C)nc2)C[C@@H]2CC[C@H]1N2. The third kappa shape index (κ3) is 2.49. The van der Waals surface area contributed by atoms with Crippen LogP contribution < -0.4 is 5.32 Å².